The van der Waals surface area contributed by atoms with Gasteiger partial charge in [0.25, 0.3) is 0 Å². The van der Waals surface area contributed by atoms with Gasteiger partial charge in [-0.25, -0.2) is 0 Å². The molecule has 2 saturated heterocycles. The van der Waals surface area contributed by atoms with Gasteiger partial charge in [-0.3, -0.25) is 9.89 Å². The minimum Gasteiger partial charge on any atom is -0.488 e. The molecule has 0 saturated carbocycles. The van der Waals surface area contributed by atoms with Gasteiger partial charge in [-0.15, -0.1) is 24.0 Å². The van der Waals surface area contributed by atoms with Crippen molar-refractivity contribution < 1.29 is 4.74 Å². The van der Waals surface area contributed by atoms with Gasteiger partial charge in [0, 0.05) is 38.3 Å². The summed E-state index contributed by atoms with van der Waals surface area (Å²) in [6.07, 6.45) is 3.95. The van der Waals surface area contributed by atoms with Gasteiger partial charge >= 0.3 is 0 Å². The maximum atomic E-state index is 6.11. The van der Waals surface area contributed by atoms with Crippen LogP contribution < -0.4 is 10.1 Å². The molecular formula is C21H35IN4O. The molecule has 2 fully saturated rings. The van der Waals surface area contributed by atoms with E-state index >= 15 is 0 Å². The maximum absolute atomic E-state index is 6.11. The molecule has 1 aromatic carbocycles. The highest BCUT2D eigenvalue weighted by Crippen LogP contribution is 2.24. The quantitative estimate of drug-likeness (QED) is 0.400. The Hall–Kier alpha value is -1.02. The van der Waals surface area contributed by atoms with Crippen LogP contribution in [-0.2, 0) is 6.54 Å². The molecule has 0 radical (unpaired) electrons. The number of nitrogens with one attached hydrogen (secondary N) is 1. The lowest BCUT2D eigenvalue weighted by Crippen LogP contribution is -2.42. The molecule has 152 valence electrons. The van der Waals surface area contributed by atoms with Gasteiger partial charge in [-0.1, -0.05) is 18.2 Å². The van der Waals surface area contributed by atoms with Crippen molar-refractivity contribution in [2.45, 2.75) is 58.2 Å². The lowest BCUT2D eigenvalue weighted by atomic mass is 10.1. The summed E-state index contributed by atoms with van der Waals surface area (Å²) in [5.74, 6) is 1.94. The average molecular weight is 486 g/mol. The molecule has 2 aliphatic heterocycles. The number of nitrogens with zero attached hydrogens (tertiary/aromatic N) is 3. The Labute approximate surface area is 181 Å². The highest BCUT2D eigenvalue weighted by Gasteiger charge is 2.30. The zero-order valence-electron chi connectivity index (χ0n) is 17.2. The van der Waals surface area contributed by atoms with E-state index < -0.39 is 0 Å². The first-order valence-corrected chi connectivity index (χ1v) is 9.93. The Balaban J connectivity index is 0.00000261. The molecule has 0 bridgehead atoms. The number of halogens is 1. The van der Waals surface area contributed by atoms with E-state index in [4.69, 9.17) is 4.74 Å². The third-order valence-electron chi connectivity index (χ3n) is 5.16. The molecule has 3 rings (SSSR count). The summed E-state index contributed by atoms with van der Waals surface area (Å²) in [7, 11) is 1.88. The summed E-state index contributed by atoms with van der Waals surface area (Å²) in [6.45, 7) is 11.7. The molecule has 2 heterocycles. The van der Waals surface area contributed by atoms with Gasteiger partial charge < -0.3 is 15.0 Å². The number of para-hydroxylation sites is 1. The lowest BCUT2D eigenvalue weighted by Gasteiger charge is -2.26. The second kappa shape index (κ2) is 9.96. The molecule has 0 aliphatic carbocycles. The topological polar surface area (TPSA) is 40.1 Å². The van der Waals surface area contributed by atoms with E-state index in [1.54, 1.807) is 0 Å². The zero-order valence-corrected chi connectivity index (χ0v) is 19.5. The SMILES string of the molecule is CN=C(NCc1ccccc1OC(C)(C)C)N1CCC(N2CCCC2)C1.I. The standard InChI is InChI=1S/C21H34N4O.HI/c1-21(2,3)26-19-10-6-5-9-17(19)15-23-20(22-4)25-14-11-18(16-25)24-12-7-8-13-24;/h5-6,9-10,18H,7-8,11-16H2,1-4H3,(H,22,23);1H. The van der Waals surface area contributed by atoms with Gasteiger partial charge in [-0.05, 0) is 59.2 Å². The summed E-state index contributed by atoms with van der Waals surface area (Å²) in [5, 5.41) is 3.54. The third kappa shape index (κ3) is 6.24. The fourth-order valence-corrected chi connectivity index (χ4v) is 3.92. The van der Waals surface area contributed by atoms with Gasteiger partial charge in [0.2, 0.25) is 0 Å². The average Bonchev–Trinajstić information content (AvgIpc) is 3.26. The number of guanidine groups is 1. The molecular weight excluding hydrogens is 451 g/mol. The minimum atomic E-state index is -0.199. The number of benzene rings is 1. The van der Waals surface area contributed by atoms with Crippen LogP contribution in [0.3, 0.4) is 0 Å². The summed E-state index contributed by atoms with van der Waals surface area (Å²) >= 11 is 0. The van der Waals surface area contributed by atoms with Crippen LogP contribution in [0.1, 0.15) is 45.6 Å². The van der Waals surface area contributed by atoms with Crippen LogP contribution in [0, 0.1) is 0 Å². The van der Waals surface area contributed by atoms with Gasteiger partial charge in [-0.2, -0.15) is 0 Å². The number of rotatable bonds is 4. The molecule has 1 N–H and O–H groups in total. The number of hydrogen-bond donors (Lipinski definition) is 1. The first-order valence-electron chi connectivity index (χ1n) is 9.93. The Morgan fingerprint density at radius 1 is 1.19 bits per heavy atom. The van der Waals surface area contributed by atoms with Crippen molar-refractivity contribution in [3.05, 3.63) is 29.8 Å². The van der Waals surface area contributed by atoms with E-state index in [-0.39, 0.29) is 29.6 Å². The predicted octanol–water partition coefficient (Wildman–Crippen LogP) is 3.73. The second-order valence-corrected chi connectivity index (χ2v) is 8.35. The van der Waals surface area contributed by atoms with Crippen molar-refractivity contribution in [3.63, 3.8) is 0 Å². The molecule has 1 aromatic rings. The van der Waals surface area contributed by atoms with Crippen LogP contribution in [0.5, 0.6) is 5.75 Å². The largest absolute Gasteiger partial charge is 0.488 e. The number of hydrogen-bond acceptors (Lipinski definition) is 3. The highest BCUT2D eigenvalue weighted by molar-refractivity contribution is 14.0. The van der Waals surface area contributed by atoms with Crippen LogP contribution in [0.15, 0.2) is 29.3 Å². The molecule has 5 nitrogen and oxygen atoms in total. The van der Waals surface area contributed by atoms with Crippen molar-refractivity contribution in [1.82, 2.24) is 15.1 Å². The summed E-state index contributed by atoms with van der Waals surface area (Å²) in [5.41, 5.74) is 0.967. The fourth-order valence-electron chi connectivity index (χ4n) is 3.92. The monoisotopic (exact) mass is 486 g/mol. The normalized spacial score (nSPS) is 21.3. The van der Waals surface area contributed by atoms with E-state index in [9.17, 15) is 0 Å². The first-order chi connectivity index (χ1) is 12.5. The number of likely N-dealkylation sites (tertiary alicyclic amines) is 2. The van der Waals surface area contributed by atoms with E-state index in [2.05, 4.69) is 53.0 Å². The molecule has 0 spiro atoms. The first kappa shape index (κ1) is 22.3. The van der Waals surface area contributed by atoms with Crippen LogP contribution in [0.25, 0.3) is 0 Å². The molecule has 2 aliphatic rings. The number of aliphatic imine (C=N–C) groups is 1. The highest BCUT2D eigenvalue weighted by atomic mass is 127. The van der Waals surface area contributed by atoms with Crippen LogP contribution in [0.2, 0.25) is 0 Å². The lowest BCUT2D eigenvalue weighted by molar-refractivity contribution is 0.129. The Bertz CT molecular complexity index is 623. The van der Waals surface area contributed by atoms with E-state index in [1.807, 2.05) is 19.2 Å². The Kier molecular flexibility index (Phi) is 8.21. The summed E-state index contributed by atoms with van der Waals surface area (Å²) < 4.78 is 6.11. The van der Waals surface area contributed by atoms with Crippen LogP contribution in [0.4, 0.5) is 0 Å². The van der Waals surface area contributed by atoms with E-state index in [0.29, 0.717) is 6.04 Å². The van der Waals surface area contributed by atoms with Crippen molar-refractivity contribution >= 4 is 29.9 Å². The smallest absolute Gasteiger partial charge is 0.193 e. The minimum absolute atomic E-state index is 0. The van der Waals surface area contributed by atoms with Crippen molar-refractivity contribution in [1.29, 1.82) is 0 Å². The van der Waals surface area contributed by atoms with Crippen molar-refractivity contribution in [2.75, 3.05) is 33.2 Å². The summed E-state index contributed by atoms with van der Waals surface area (Å²) in [4.78, 5) is 9.57. The third-order valence-corrected chi connectivity index (χ3v) is 5.16. The summed E-state index contributed by atoms with van der Waals surface area (Å²) in [6, 6.07) is 8.95. The maximum Gasteiger partial charge on any atom is 0.193 e. The fraction of sp³-hybridized carbons (Fsp3) is 0.667. The van der Waals surface area contributed by atoms with Crippen LogP contribution in [-0.4, -0.2) is 60.6 Å². The second-order valence-electron chi connectivity index (χ2n) is 8.35. The van der Waals surface area contributed by atoms with Crippen molar-refractivity contribution in [2.24, 2.45) is 4.99 Å². The zero-order chi connectivity index (χ0) is 18.6. The Morgan fingerprint density at radius 2 is 1.89 bits per heavy atom. The predicted molar refractivity (Wildman–Crippen MR) is 123 cm³/mol. The van der Waals surface area contributed by atoms with Crippen molar-refractivity contribution in [3.8, 4) is 5.75 Å². The number of ether oxygens (including phenoxy) is 1. The molecule has 6 heteroatoms. The Morgan fingerprint density at radius 3 is 2.56 bits per heavy atom. The van der Waals surface area contributed by atoms with Gasteiger partial charge in [0.05, 0.1) is 0 Å². The van der Waals surface area contributed by atoms with Gasteiger partial charge in [0.15, 0.2) is 5.96 Å². The molecule has 27 heavy (non-hydrogen) atoms. The van der Waals surface area contributed by atoms with Crippen LogP contribution >= 0.6 is 24.0 Å². The molecule has 1 atom stereocenters. The molecule has 1 unspecified atom stereocenters. The van der Waals surface area contributed by atoms with E-state index in [1.165, 1.54) is 37.9 Å². The van der Waals surface area contributed by atoms with E-state index in [0.717, 1.165) is 31.3 Å². The van der Waals surface area contributed by atoms with Gasteiger partial charge in [0.1, 0.15) is 11.4 Å². The molecule has 0 aromatic heterocycles. The molecule has 0 amide bonds.